The van der Waals surface area contributed by atoms with E-state index in [1.165, 1.54) is 0 Å². The lowest BCUT2D eigenvalue weighted by atomic mass is 10.2. The molecule has 0 atom stereocenters. The van der Waals surface area contributed by atoms with Crippen LogP contribution >= 0.6 is 27.3 Å². The summed E-state index contributed by atoms with van der Waals surface area (Å²) in [7, 11) is 0. The van der Waals surface area contributed by atoms with Gasteiger partial charge < -0.3 is 5.32 Å². The molecule has 0 saturated carbocycles. The second-order valence-electron chi connectivity index (χ2n) is 3.18. The number of thiazole rings is 1. The number of hydrogen-bond donors (Lipinski definition) is 1. The Morgan fingerprint density at radius 2 is 2.31 bits per heavy atom. The Hall–Kier alpha value is -1.38. The molecule has 5 heteroatoms. The van der Waals surface area contributed by atoms with Crippen molar-refractivity contribution in [1.82, 2.24) is 4.98 Å². The number of nitriles is 1. The normalized spacial score (nSPS) is 9.81. The first kappa shape index (κ1) is 11.1. The van der Waals surface area contributed by atoms with Gasteiger partial charge in [0.25, 0.3) is 0 Å². The maximum Gasteiger partial charge on any atom is 0.187 e. The Balaban J connectivity index is 2.35. The maximum absolute atomic E-state index is 9.05. The van der Waals surface area contributed by atoms with Crippen molar-refractivity contribution in [3.8, 4) is 6.07 Å². The van der Waals surface area contributed by atoms with Gasteiger partial charge >= 0.3 is 0 Å². The van der Waals surface area contributed by atoms with Gasteiger partial charge in [0.1, 0.15) is 6.07 Å². The lowest BCUT2D eigenvalue weighted by Crippen LogP contribution is -1.93. The highest BCUT2D eigenvalue weighted by atomic mass is 79.9. The van der Waals surface area contributed by atoms with Crippen LogP contribution in [-0.4, -0.2) is 4.98 Å². The minimum Gasteiger partial charge on any atom is -0.330 e. The number of anilines is 2. The van der Waals surface area contributed by atoms with Gasteiger partial charge in [0.15, 0.2) is 5.13 Å². The highest BCUT2D eigenvalue weighted by molar-refractivity contribution is 9.10. The number of benzene rings is 1. The van der Waals surface area contributed by atoms with Crippen LogP contribution in [0.2, 0.25) is 0 Å². The maximum atomic E-state index is 9.05. The van der Waals surface area contributed by atoms with Crippen LogP contribution in [-0.2, 0) is 0 Å². The van der Waals surface area contributed by atoms with E-state index < -0.39 is 0 Å². The zero-order valence-corrected chi connectivity index (χ0v) is 10.9. The second kappa shape index (κ2) is 4.64. The predicted octanol–water partition coefficient (Wildman–Crippen LogP) is 3.83. The molecule has 0 aliphatic heterocycles. The third kappa shape index (κ3) is 2.23. The monoisotopic (exact) mass is 293 g/mol. The van der Waals surface area contributed by atoms with Gasteiger partial charge in [-0.3, -0.25) is 0 Å². The summed E-state index contributed by atoms with van der Waals surface area (Å²) in [5, 5.41) is 13.0. The molecule has 0 radical (unpaired) electrons. The quantitative estimate of drug-likeness (QED) is 0.915. The molecule has 0 amide bonds. The van der Waals surface area contributed by atoms with Crippen LogP contribution in [0.25, 0.3) is 0 Å². The molecule has 1 heterocycles. The number of aryl methyl sites for hydroxylation is 1. The van der Waals surface area contributed by atoms with Gasteiger partial charge in [-0.2, -0.15) is 5.26 Å². The van der Waals surface area contributed by atoms with E-state index in [4.69, 9.17) is 5.26 Å². The molecule has 3 nitrogen and oxygen atoms in total. The average Bonchev–Trinajstić information content (AvgIpc) is 2.64. The minimum absolute atomic E-state index is 0.593. The molecule has 1 N–H and O–H groups in total. The van der Waals surface area contributed by atoms with Gasteiger partial charge in [0.2, 0.25) is 0 Å². The Bertz CT molecular complexity index is 557. The number of rotatable bonds is 2. The molecule has 0 bridgehead atoms. The van der Waals surface area contributed by atoms with E-state index in [-0.39, 0.29) is 0 Å². The summed E-state index contributed by atoms with van der Waals surface area (Å²) in [6.07, 6.45) is 1.80. The number of aromatic nitrogens is 1. The summed E-state index contributed by atoms with van der Waals surface area (Å²) in [5.74, 6) is 0. The van der Waals surface area contributed by atoms with Crippen molar-refractivity contribution in [1.29, 1.82) is 5.26 Å². The van der Waals surface area contributed by atoms with E-state index in [0.29, 0.717) is 5.56 Å². The van der Waals surface area contributed by atoms with Crippen LogP contribution in [0.3, 0.4) is 0 Å². The van der Waals surface area contributed by atoms with Crippen molar-refractivity contribution < 1.29 is 0 Å². The molecule has 0 saturated heterocycles. The Labute approximate surface area is 106 Å². The molecule has 1 aromatic heterocycles. The van der Waals surface area contributed by atoms with Crippen LogP contribution in [0.5, 0.6) is 0 Å². The minimum atomic E-state index is 0.593. The third-order valence-electron chi connectivity index (χ3n) is 1.99. The Kier molecular flexibility index (Phi) is 3.22. The SMILES string of the molecule is Cc1cnc(Nc2cccc(Br)c2C#N)s1. The highest BCUT2D eigenvalue weighted by Gasteiger charge is 2.07. The summed E-state index contributed by atoms with van der Waals surface area (Å²) in [4.78, 5) is 5.33. The first-order chi connectivity index (χ1) is 7.70. The van der Waals surface area contributed by atoms with Gasteiger partial charge in [-0.15, -0.1) is 11.3 Å². The van der Waals surface area contributed by atoms with Gasteiger partial charge in [-0.25, -0.2) is 4.98 Å². The summed E-state index contributed by atoms with van der Waals surface area (Å²) in [6.45, 7) is 2.00. The molecule has 0 aliphatic carbocycles. The zero-order chi connectivity index (χ0) is 11.5. The number of halogens is 1. The van der Waals surface area contributed by atoms with Crippen molar-refractivity contribution in [2.75, 3.05) is 5.32 Å². The van der Waals surface area contributed by atoms with E-state index >= 15 is 0 Å². The molecule has 80 valence electrons. The van der Waals surface area contributed by atoms with E-state index in [2.05, 4.69) is 32.3 Å². The molecule has 0 unspecified atom stereocenters. The average molecular weight is 294 g/mol. The van der Waals surface area contributed by atoms with Crippen molar-refractivity contribution in [2.45, 2.75) is 6.92 Å². The van der Waals surface area contributed by atoms with Crippen LogP contribution in [0.4, 0.5) is 10.8 Å². The van der Waals surface area contributed by atoms with Gasteiger partial charge in [-0.05, 0) is 35.0 Å². The van der Waals surface area contributed by atoms with Gasteiger partial charge in [-0.1, -0.05) is 6.07 Å². The fraction of sp³-hybridized carbons (Fsp3) is 0.0909. The van der Waals surface area contributed by atoms with E-state index in [9.17, 15) is 0 Å². The van der Waals surface area contributed by atoms with Gasteiger partial charge in [0.05, 0.1) is 11.3 Å². The van der Waals surface area contributed by atoms with Gasteiger partial charge in [0, 0.05) is 15.5 Å². The van der Waals surface area contributed by atoms with E-state index in [1.54, 1.807) is 17.5 Å². The molecule has 0 spiro atoms. The number of hydrogen-bond acceptors (Lipinski definition) is 4. The van der Waals surface area contributed by atoms with Crippen molar-refractivity contribution in [3.63, 3.8) is 0 Å². The standard InChI is InChI=1S/C11H8BrN3S/c1-7-6-14-11(16-7)15-10-4-2-3-9(12)8(10)5-13/h2-4,6H,1H3,(H,14,15). The van der Waals surface area contributed by atoms with Crippen LogP contribution in [0, 0.1) is 18.3 Å². The van der Waals surface area contributed by atoms with E-state index in [1.807, 2.05) is 25.1 Å². The molecule has 0 aliphatic rings. The van der Waals surface area contributed by atoms with Crippen LogP contribution in [0.15, 0.2) is 28.9 Å². The van der Waals surface area contributed by atoms with Crippen molar-refractivity contribution in [2.24, 2.45) is 0 Å². The fourth-order valence-electron chi connectivity index (χ4n) is 1.27. The topological polar surface area (TPSA) is 48.7 Å². The van der Waals surface area contributed by atoms with E-state index in [0.717, 1.165) is 20.2 Å². The third-order valence-corrected chi connectivity index (χ3v) is 3.48. The lowest BCUT2D eigenvalue weighted by molar-refractivity contribution is 1.36. The first-order valence-electron chi connectivity index (χ1n) is 4.59. The van der Waals surface area contributed by atoms with Crippen molar-refractivity contribution >= 4 is 38.1 Å². The predicted molar refractivity (Wildman–Crippen MR) is 69.0 cm³/mol. The summed E-state index contributed by atoms with van der Waals surface area (Å²) in [5.41, 5.74) is 1.36. The molecule has 1 aromatic carbocycles. The highest BCUT2D eigenvalue weighted by Crippen LogP contribution is 2.28. The van der Waals surface area contributed by atoms with Crippen molar-refractivity contribution in [3.05, 3.63) is 39.3 Å². The number of nitrogens with one attached hydrogen (secondary N) is 1. The number of nitrogens with zero attached hydrogens (tertiary/aromatic N) is 2. The molecular weight excluding hydrogens is 286 g/mol. The fourth-order valence-corrected chi connectivity index (χ4v) is 2.40. The smallest absolute Gasteiger partial charge is 0.187 e. The molecule has 16 heavy (non-hydrogen) atoms. The molecule has 2 aromatic rings. The Morgan fingerprint density at radius 3 is 2.94 bits per heavy atom. The Morgan fingerprint density at radius 1 is 1.50 bits per heavy atom. The molecule has 2 rings (SSSR count). The largest absolute Gasteiger partial charge is 0.330 e. The lowest BCUT2D eigenvalue weighted by Gasteiger charge is -2.05. The zero-order valence-electron chi connectivity index (χ0n) is 8.49. The summed E-state index contributed by atoms with van der Waals surface area (Å²) < 4.78 is 0.785. The summed E-state index contributed by atoms with van der Waals surface area (Å²) in [6, 6.07) is 7.75. The second-order valence-corrected chi connectivity index (χ2v) is 5.26. The van der Waals surface area contributed by atoms with Crippen LogP contribution < -0.4 is 5.32 Å². The van der Waals surface area contributed by atoms with Crippen LogP contribution in [0.1, 0.15) is 10.4 Å². The molecular formula is C11H8BrN3S. The molecule has 0 fully saturated rings. The summed E-state index contributed by atoms with van der Waals surface area (Å²) >= 11 is 4.91. The first-order valence-corrected chi connectivity index (χ1v) is 6.19.